The SMILES string of the molecule is [C-]#[N+]c1c(SC)sc(C(=O)OCC)c1-c1ccc(NS(C)(=O)=O)cc1. The van der Waals surface area contributed by atoms with Crippen LogP contribution in [0.3, 0.4) is 0 Å². The zero-order valence-corrected chi connectivity index (χ0v) is 16.3. The molecule has 6 nitrogen and oxygen atoms in total. The minimum absolute atomic E-state index is 0.245. The second kappa shape index (κ2) is 7.91. The summed E-state index contributed by atoms with van der Waals surface area (Å²) in [5.74, 6) is -0.467. The predicted molar refractivity (Wildman–Crippen MR) is 102 cm³/mol. The van der Waals surface area contributed by atoms with Crippen LogP contribution in [-0.2, 0) is 14.8 Å². The Labute approximate surface area is 155 Å². The number of hydrogen-bond donors (Lipinski definition) is 1. The monoisotopic (exact) mass is 396 g/mol. The summed E-state index contributed by atoms with van der Waals surface area (Å²) in [4.78, 5) is 16.2. The van der Waals surface area contributed by atoms with Crippen LogP contribution in [0, 0.1) is 6.57 Å². The Hall–Kier alpha value is -2.02. The largest absolute Gasteiger partial charge is 0.462 e. The van der Waals surface area contributed by atoms with Gasteiger partial charge in [-0.25, -0.2) is 18.1 Å². The average molecular weight is 397 g/mol. The maximum absolute atomic E-state index is 12.3. The molecular formula is C16H16N2O4S3. The predicted octanol–water partition coefficient (Wildman–Crippen LogP) is 4.24. The lowest BCUT2D eigenvalue weighted by Gasteiger charge is -2.08. The zero-order chi connectivity index (χ0) is 18.6. The smallest absolute Gasteiger partial charge is 0.347 e. The first kappa shape index (κ1) is 19.3. The highest BCUT2D eigenvalue weighted by Crippen LogP contribution is 2.47. The summed E-state index contributed by atoms with van der Waals surface area (Å²) in [7, 11) is -3.37. The van der Waals surface area contributed by atoms with Crippen molar-refractivity contribution in [1.82, 2.24) is 0 Å². The average Bonchev–Trinajstić information content (AvgIpc) is 2.93. The van der Waals surface area contributed by atoms with Crippen LogP contribution in [0.25, 0.3) is 16.0 Å². The lowest BCUT2D eigenvalue weighted by atomic mass is 10.0. The first-order valence-corrected chi connectivity index (χ1v) is 11.1. The first-order valence-electron chi connectivity index (χ1n) is 7.14. The molecule has 0 aliphatic carbocycles. The normalized spacial score (nSPS) is 11.0. The summed E-state index contributed by atoms with van der Waals surface area (Å²) in [6.07, 6.45) is 2.92. The number of nitrogens with one attached hydrogen (secondary N) is 1. The molecule has 0 spiro atoms. The van der Waals surface area contributed by atoms with Gasteiger partial charge in [0.2, 0.25) is 15.7 Å². The minimum Gasteiger partial charge on any atom is -0.462 e. The van der Waals surface area contributed by atoms with Gasteiger partial charge in [-0.1, -0.05) is 12.1 Å². The number of esters is 1. The molecule has 2 rings (SSSR count). The zero-order valence-electron chi connectivity index (χ0n) is 13.8. The van der Waals surface area contributed by atoms with Gasteiger partial charge in [-0.2, -0.15) is 0 Å². The molecule has 2 aromatic rings. The third kappa shape index (κ3) is 4.54. The van der Waals surface area contributed by atoms with E-state index in [9.17, 15) is 13.2 Å². The van der Waals surface area contributed by atoms with Crippen LogP contribution in [0.1, 0.15) is 16.6 Å². The molecule has 0 amide bonds. The summed E-state index contributed by atoms with van der Waals surface area (Å²) < 4.78 is 30.8. The van der Waals surface area contributed by atoms with E-state index in [2.05, 4.69) is 9.57 Å². The van der Waals surface area contributed by atoms with E-state index in [4.69, 9.17) is 11.3 Å². The van der Waals surface area contributed by atoms with E-state index in [1.54, 1.807) is 31.2 Å². The second-order valence-electron chi connectivity index (χ2n) is 4.93. The summed E-state index contributed by atoms with van der Waals surface area (Å²) in [5.41, 5.74) is 2.00. The fraction of sp³-hybridized carbons (Fsp3) is 0.250. The van der Waals surface area contributed by atoms with Gasteiger partial charge in [0.25, 0.3) is 0 Å². The Morgan fingerprint density at radius 3 is 2.48 bits per heavy atom. The third-order valence-corrected chi connectivity index (χ3v) is 5.96. The highest BCUT2D eigenvalue weighted by molar-refractivity contribution is 8.00. The van der Waals surface area contributed by atoms with Gasteiger partial charge in [0.05, 0.1) is 23.6 Å². The third-order valence-electron chi connectivity index (χ3n) is 3.09. The molecule has 1 aromatic heterocycles. The van der Waals surface area contributed by atoms with Crippen LogP contribution in [0.2, 0.25) is 0 Å². The van der Waals surface area contributed by atoms with Crippen LogP contribution in [0.15, 0.2) is 28.5 Å². The van der Waals surface area contributed by atoms with E-state index < -0.39 is 16.0 Å². The molecular weight excluding hydrogens is 380 g/mol. The van der Waals surface area contributed by atoms with E-state index in [0.717, 1.165) is 10.5 Å². The van der Waals surface area contributed by atoms with Crippen molar-refractivity contribution < 1.29 is 17.9 Å². The van der Waals surface area contributed by atoms with Crippen LogP contribution < -0.4 is 4.72 Å². The molecule has 132 valence electrons. The summed E-state index contributed by atoms with van der Waals surface area (Å²) in [6.45, 7) is 9.44. The quantitative estimate of drug-likeness (QED) is 0.449. The Balaban J connectivity index is 2.55. The highest BCUT2D eigenvalue weighted by Gasteiger charge is 2.24. The van der Waals surface area contributed by atoms with E-state index >= 15 is 0 Å². The standard InChI is InChI=1S/C16H16N2O4S3/c1-5-22-15(19)14-12(13(17-2)16(23-3)24-14)10-6-8-11(9-7-10)18-25(4,20)21/h6-9,18H,5H2,1,3-4H3. The Morgan fingerprint density at radius 2 is 2.00 bits per heavy atom. The lowest BCUT2D eigenvalue weighted by molar-refractivity contribution is 0.0533. The topological polar surface area (TPSA) is 76.8 Å². The Morgan fingerprint density at radius 1 is 1.36 bits per heavy atom. The van der Waals surface area contributed by atoms with E-state index in [-0.39, 0.29) is 6.61 Å². The minimum atomic E-state index is -3.37. The summed E-state index contributed by atoms with van der Waals surface area (Å²) in [5, 5.41) is 0. The number of carbonyl (C=O) groups is 1. The van der Waals surface area contributed by atoms with Gasteiger partial charge in [0.15, 0.2) is 0 Å². The maximum atomic E-state index is 12.3. The lowest BCUT2D eigenvalue weighted by Crippen LogP contribution is -2.09. The van der Waals surface area contributed by atoms with Crippen LogP contribution in [0.4, 0.5) is 11.4 Å². The maximum Gasteiger partial charge on any atom is 0.347 e. The number of hydrogen-bond acceptors (Lipinski definition) is 6. The molecule has 0 radical (unpaired) electrons. The number of thioether (sulfide) groups is 1. The molecule has 0 bridgehead atoms. The van der Waals surface area contributed by atoms with Gasteiger partial charge >= 0.3 is 5.97 Å². The van der Waals surface area contributed by atoms with Crippen molar-refractivity contribution in [2.75, 3.05) is 23.8 Å². The molecule has 25 heavy (non-hydrogen) atoms. The number of carbonyl (C=O) groups excluding carboxylic acids is 1. The Bertz CT molecular complexity index is 926. The van der Waals surface area contributed by atoms with Gasteiger partial charge < -0.3 is 4.74 Å². The molecule has 0 saturated carbocycles. The van der Waals surface area contributed by atoms with Crippen molar-refractivity contribution in [3.63, 3.8) is 0 Å². The fourth-order valence-corrected chi connectivity index (χ4v) is 4.55. The summed E-state index contributed by atoms with van der Waals surface area (Å²) >= 11 is 2.63. The molecule has 1 N–H and O–H groups in total. The molecule has 0 fully saturated rings. The first-order chi connectivity index (χ1) is 11.8. The van der Waals surface area contributed by atoms with Crippen LogP contribution >= 0.6 is 23.1 Å². The van der Waals surface area contributed by atoms with Gasteiger partial charge in [0.1, 0.15) is 4.88 Å². The number of rotatable bonds is 6. The van der Waals surface area contributed by atoms with Crippen molar-refractivity contribution in [3.05, 3.63) is 40.6 Å². The highest BCUT2D eigenvalue weighted by atomic mass is 32.2. The molecule has 9 heteroatoms. The van der Waals surface area contributed by atoms with Gasteiger partial charge in [-0.15, -0.1) is 23.1 Å². The van der Waals surface area contributed by atoms with Gasteiger partial charge in [0, 0.05) is 11.3 Å². The molecule has 0 atom stereocenters. The Kier molecular flexibility index (Phi) is 6.11. The van der Waals surface area contributed by atoms with Gasteiger partial charge in [-0.3, -0.25) is 4.72 Å². The summed E-state index contributed by atoms with van der Waals surface area (Å²) in [6, 6.07) is 6.54. The van der Waals surface area contributed by atoms with Crippen molar-refractivity contribution in [2.45, 2.75) is 11.1 Å². The number of anilines is 1. The number of ether oxygens (including phenoxy) is 1. The molecule has 0 aliphatic heterocycles. The molecule has 0 unspecified atom stereocenters. The van der Waals surface area contributed by atoms with Crippen molar-refractivity contribution >= 4 is 50.5 Å². The molecule has 0 aliphatic rings. The molecule has 1 aromatic carbocycles. The van der Waals surface area contributed by atoms with Crippen molar-refractivity contribution in [2.24, 2.45) is 0 Å². The van der Waals surface area contributed by atoms with Gasteiger partial charge in [-0.05, 0) is 30.9 Å². The van der Waals surface area contributed by atoms with E-state index in [1.165, 1.54) is 23.1 Å². The number of thiophene rings is 1. The number of nitrogens with zero attached hydrogens (tertiary/aromatic N) is 1. The number of sulfonamides is 1. The van der Waals surface area contributed by atoms with E-state index in [0.29, 0.717) is 27.4 Å². The van der Waals surface area contributed by atoms with Crippen molar-refractivity contribution in [3.8, 4) is 11.1 Å². The fourth-order valence-electron chi connectivity index (χ4n) is 2.17. The van der Waals surface area contributed by atoms with Crippen LogP contribution in [0.5, 0.6) is 0 Å². The molecule has 1 heterocycles. The van der Waals surface area contributed by atoms with Crippen LogP contribution in [-0.4, -0.2) is 33.5 Å². The van der Waals surface area contributed by atoms with E-state index in [1.807, 2.05) is 6.26 Å². The second-order valence-corrected chi connectivity index (χ2v) is 8.77. The molecule has 0 saturated heterocycles. The van der Waals surface area contributed by atoms with Crippen molar-refractivity contribution in [1.29, 1.82) is 0 Å². The number of benzene rings is 1.